The minimum atomic E-state index is 0.522. The van der Waals surface area contributed by atoms with Gasteiger partial charge in [0.15, 0.2) is 0 Å². The number of hydrazine groups is 1. The van der Waals surface area contributed by atoms with Gasteiger partial charge in [0.2, 0.25) is 0 Å². The van der Waals surface area contributed by atoms with Crippen LogP contribution in [0.2, 0.25) is 15.1 Å². The van der Waals surface area contributed by atoms with E-state index in [1.165, 1.54) is 12.8 Å². The van der Waals surface area contributed by atoms with E-state index in [1.54, 1.807) is 12.1 Å². The second kappa shape index (κ2) is 10.6. The van der Waals surface area contributed by atoms with Crippen molar-refractivity contribution in [1.29, 1.82) is 0 Å². The van der Waals surface area contributed by atoms with Gasteiger partial charge in [-0.3, -0.25) is 5.01 Å². The van der Waals surface area contributed by atoms with Crippen LogP contribution in [0.3, 0.4) is 0 Å². The average molecular weight is 470 g/mol. The molecule has 2 aromatic carbocycles. The van der Waals surface area contributed by atoms with Crippen LogP contribution in [-0.4, -0.2) is 28.8 Å². The molecule has 0 aromatic heterocycles. The fourth-order valence-corrected chi connectivity index (χ4v) is 4.03. The van der Waals surface area contributed by atoms with Crippen molar-refractivity contribution in [1.82, 2.24) is 10.4 Å². The number of thiocarbonyl (C=S) groups is 1. The molecule has 1 N–H and O–H groups in total. The van der Waals surface area contributed by atoms with E-state index in [2.05, 4.69) is 10.4 Å². The van der Waals surface area contributed by atoms with E-state index < -0.39 is 0 Å². The zero-order chi connectivity index (χ0) is 20.8. The summed E-state index contributed by atoms with van der Waals surface area (Å²) in [5, 5.41) is 10.7. The van der Waals surface area contributed by atoms with Crippen molar-refractivity contribution in [3.05, 3.63) is 63.1 Å². The van der Waals surface area contributed by atoms with Crippen molar-refractivity contribution in [3.8, 4) is 0 Å². The number of halogens is 3. The van der Waals surface area contributed by atoms with Crippen LogP contribution in [0, 0.1) is 0 Å². The summed E-state index contributed by atoms with van der Waals surface area (Å²) in [6.07, 6.45) is 3.05. The fourth-order valence-electron chi connectivity index (χ4n) is 3.09. The lowest BCUT2D eigenvalue weighted by atomic mass is 10.2. The molecule has 0 atom stereocenters. The van der Waals surface area contributed by atoms with Gasteiger partial charge in [-0.15, -0.1) is 0 Å². The first-order chi connectivity index (χ1) is 14.0. The van der Waals surface area contributed by atoms with Gasteiger partial charge in [-0.1, -0.05) is 66.1 Å². The summed E-state index contributed by atoms with van der Waals surface area (Å²) in [7, 11) is 0. The van der Waals surface area contributed by atoms with E-state index in [1.807, 2.05) is 42.3 Å². The van der Waals surface area contributed by atoms with E-state index in [0.717, 1.165) is 30.1 Å². The minimum absolute atomic E-state index is 0.522. The third-order valence-corrected chi connectivity index (χ3v) is 5.75. The van der Waals surface area contributed by atoms with Gasteiger partial charge in [-0.25, -0.2) is 5.01 Å². The van der Waals surface area contributed by atoms with Gasteiger partial charge in [0.1, 0.15) is 4.99 Å². The van der Waals surface area contributed by atoms with Crippen LogP contribution >= 0.6 is 47.0 Å². The summed E-state index contributed by atoms with van der Waals surface area (Å²) < 4.78 is 0. The summed E-state index contributed by atoms with van der Waals surface area (Å²) in [5.41, 5.74) is 5.93. The molecular weight excluding hydrogens is 447 g/mol. The van der Waals surface area contributed by atoms with Crippen LogP contribution in [-0.2, 0) is 6.54 Å². The van der Waals surface area contributed by atoms with Gasteiger partial charge < -0.3 is 5.43 Å². The maximum absolute atomic E-state index is 6.49. The summed E-state index contributed by atoms with van der Waals surface area (Å²) >= 11 is 24.2. The molecule has 1 saturated heterocycles. The summed E-state index contributed by atoms with van der Waals surface area (Å²) in [6, 6.07) is 13.1. The SMILES string of the molecule is CC/C(=N\N(Cc1ccc(Cl)cc1)c1ccc(Cl)cc1Cl)C(=S)NN1CCCC1. The summed E-state index contributed by atoms with van der Waals surface area (Å²) in [6.45, 7) is 4.55. The van der Waals surface area contributed by atoms with Gasteiger partial charge in [-0.05, 0) is 55.2 Å². The Morgan fingerprint density at radius 1 is 1.07 bits per heavy atom. The Hall–Kier alpha value is -1.37. The summed E-state index contributed by atoms with van der Waals surface area (Å²) in [4.78, 5) is 0.639. The van der Waals surface area contributed by atoms with Gasteiger partial charge in [0, 0.05) is 23.1 Å². The van der Waals surface area contributed by atoms with E-state index in [4.69, 9.17) is 52.1 Å². The Kier molecular flexibility index (Phi) is 8.16. The zero-order valence-electron chi connectivity index (χ0n) is 16.2. The lowest BCUT2D eigenvalue weighted by Crippen LogP contribution is -2.43. The highest BCUT2D eigenvalue weighted by Crippen LogP contribution is 2.30. The van der Waals surface area contributed by atoms with Crippen molar-refractivity contribution in [2.45, 2.75) is 32.7 Å². The molecule has 0 amide bonds. The minimum Gasteiger partial charge on any atom is -0.308 e. The van der Waals surface area contributed by atoms with Gasteiger partial charge in [0.25, 0.3) is 0 Å². The number of nitrogens with one attached hydrogen (secondary N) is 1. The molecule has 0 bridgehead atoms. The molecule has 0 radical (unpaired) electrons. The van der Waals surface area contributed by atoms with E-state index in [9.17, 15) is 0 Å². The molecule has 0 aliphatic carbocycles. The highest BCUT2D eigenvalue weighted by Gasteiger charge is 2.17. The largest absolute Gasteiger partial charge is 0.308 e. The molecule has 0 saturated carbocycles. The normalized spacial score (nSPS) is 14.8. The van der Waals surface area contributed by atoms with Crippen molar-refractivity contribution < 1.29 is 0 Å². The lowest BCUT2D eigenvalue weighted by Gasteiger charge is -2.24. The molecule has 3 rings (SSSR count). The average Bonchev–Trinajstić information content (AvgIpc) is 3.20. The van der Waals surface area contributed by atoms with Crippen molar-refractivity contribution in [3.63, 3.8) is 0 Å². The van der Waals surface area contributed by atoms with Crippen molar-refractivity contribution >= 4 is 63.4 Å². The van der Waals surface area contributed by atoms with Gasteiger partial charge in [-0.2, -0.15) is 5.10 Å². The van der Waals surface area contributed by atoms with Crippen molar-refractivity contribution in [2.75, 3.05) is 18.1 Å². The standard InChI is InChI=1S/C21H23Cl3N4S/c1-2-19(21(29)26-27-11-3-4-12-27)25-28(14-15-5-7-16(22)8-6-15)20-10-9-17(23)13-18(20)24/h5-10,13H,2-4,11-12,14H2,1H3,(H,26,29)/b25-19+. The Bertz CT molecular complexity index is 880. The third kappa shape index (κ3) is 6.30. The fraction of sp³-hybridized carbons (Fsp3) is 0.333. The maximum atomic E-state index is 6.49. The first-order valence-corrected chi connectivity index (χ1v) is 11.1. The first kappa shape index (κ1) is 22.3. The zero-order valence-corrected chi connectivity index (χ0v) is 19.3. The van der Waals surface area contributed by atoms with Crippen LogP contribution in [0.25, 0.3) is 0 Å². The highest BCUT2D eigenvalue weighted by molar-refractivity contribution is 7.82. The topological polar surface area (TPSA) is 30.9 Å². The maximum Gasteiger partial charge on any atom is 0.137 e. The molecule has 154 valence electrons. The van der Waals surface area contributed by atoms with Crippen LogP contribution in [0.15, 0.2) is 47.6 Å². The van der Waals surface area contributed by atoms with Crippen molar-refractivity contribution in [2.24, 2.45) is 5.10 Å². The first-order valence-electron chi connectivity index (χ1n) is 9.56. The molecule has 0 unspecified atom stereocenters. The molecule has 2 aromatic rings. The molecule has 1 aliphatic rings. The van der Waals surface area contributed by atoms with Crippen LogP contribution < -0.4 is 10.4 Å². The quantitative estimate of drug-likeness (QED) is 0.291. The lowest BCUT2D eigenvalue weighted by molar-refractivity contribution is 0.299. The highest BCUT2D eigenvalue weighted by atomic mass is 35.5. The number of nitrogens with zero attached hydrogens (tertiary/aromatic N) is 3. The van der Waals surface area contributed by atoms with Crippen LogP contribution in [0.5, 0.6) is 0 Å². The van der Waals surface area contributed by atoms with E-state index in [0.29, 0.717) is 33.0 Å². The molecule has 8 heteroatoms. The van der Waals surface area contributed by atoms with Crippen LogP contribution in [0.4, 0.5) is 5.69 Å². The Morgan fingerprint density at radius 3 is 2.34 bits per heavy atom. The Labute approximate surface area is 192 Å². The predicted octanol–water partition coefficient (Wildman–Crippen LogP) is 6.35. The Balaban J connectivity index is 1.90. The van der Waals surface area contributed by atoms with Gasteiger partial charge >= 0.3 is 0 Å². The molecule has 1 fully saturated rings. The Morgan fingerprint density at radius 2 is 1.72 bits per heavy atom. The molecule has 0 spiro atoms. The van der Waals surface area contributed by atoms with Crippen LogP contribution in [0.1, 0.15) is 31.7 Å². The van der Waals surface area contributed by atoms with E-state index in [-0.39, 0.29) is 0 Å². The summed E-state index contributed by atoms with van der Waals surface area (Å²) in [5.74, 6) is 0. The second-order valence-corrected chi connectivity index (χ2v) is 8.50. The third-order valence-electron chi connectivity index (χ3n) is 4.64. The molecule has 1 heterocycles. The number of hydrogen-bond donors (Lipinski definition) is 1. The van der Waals surface area contributed by atoms with Gasteiger partial charge in [0.05, 0.1) is 23.0 Å². The number of anilines is 1. The monoisotopic (exact) mass is 468 g/mol. The number of hydrogen-bond acceptors (Lipinski definition) is 4. The predicted molar refractivity (Wildman–Crippen MR) is 128 cm³/mol. The number of benzene rings is 2. The molecule has 29 heavy (non-hydrogen) atoms. The molecular formula is C21H23Cl3N4S. The second-order valence-electron chi connectivity index (χ2n) is 6.82. The number of rotatable bonds is 7. The number of hydrazone groups is 1. The molecule has 4 nitrogen and oxygen atoms in total. The molecule has 1 aliphatic heterocycles. The smallest absolute Gasteiger partial charge is 0.137 e. The van der Waals surface area contributed by atoms with E-state index >= 15 is 0 Å².